The first-order valence-corrected chi connectivity index (χ1v) is 6.25. The Labute approximate surface area is 103 Å². The van der Waals surface area contributed by atoms with Gasteiger partial charge in [0.25, 0.3) is 0 Å². The Balaban J connectivity index is 2.57. The molecule has 6 heteroatoms. The molecule has 0 fully saturated rings. The third kappa shape index (κ3) is 4.29. The summed E-state index contributed by atoms with van der Waals surface area (Å²) in [5.41, 5.74) is 5.41. The Morgan fingerprint density at radius 3 is 2.53 bits per heavy atom. The Morgan fingerprint density at radius 2 is 2.12 bits per heavy atom. The quantitative estimate of drug-likeness (QED) is 0.887. The van der Waals surface area contributed by atoms with Gasteiger partial charge in [-0.1, -0.05) is 6.07 Å². The van der Waals surface area contributed by atoms with Crippen molar-refractivity contribution in [2.75, 3.05) is 13.6 Å². The zero-order chi connectivity index (χ0) is 13.1. The van der Waals surface area contributed by atoms with Crippen molar-refractivity contribution >= 4 is 11.3 Å². The van der Waals surface area contributed by atoms with Crippen LogP contribution in [0.2, 0.25) is 0 Å². The predicted molar refractivity (Wildman–Crippen MR) is 64.1 cm³/mol. The summed E-state index contributed by atoms with van der Waals surface area (Å²) in [7, 11) is 1.47. The number of halogens is 3. The van der Waals surface area contributed by atoms with E-state index in [1.54, 1.807) is 11.3 Å². The summed E-state index contributed by atoms with van der Waals surface area (Å²) in [5.74, 6) is 0. The fraction of sp³-hybridized carbons (Fsp3) is 0.636. The lowest BCUT2D eigenvalue weighted by atomic mass is 10.1. The molecule has 98 valence electrons. The van der Waals surface area contributed by atoms with Crippen LogP contribution in [-0.2, 0) is 6.42 Å². The SMILES string of the molecule is CC(N)C(N(C)CCc1cccs1)C(F)(F)F. The van der Waals surface area contributed by atoms with Crippen LogP contribution in [0.25, 0.3) is 0 Å². The summed E-state index contributed by atoms with van der Waals surface area (Å²) >= 11 is 1.55. The molecule has 1 heterocycles. The first kappa shape index (κ1) is 14.5. The molecule has 0 aliphatic rings. The van der Waals surface area contributed by atoms with E-state index in [1.807, 2.05) is 17.5 Å². The molecular weight excluding hydrogens is 249 g/mol. The molecule has 1 aromatic rings. The van der Waals surface area contributed by atoms with Crippen LogP contribution in [0.1, 0.15) is 11.8 Å². The fourth-order valence-electron chi connectivity index (χ4n) is 1.83. The Bertz CT molecular complexity index is 322. The molecule has 1 aromatic heterocycles. The number of nitrogens with zero attached hydrogens (tertiary/aromatic N) is 1. The molecule has 0 bridgehead atoms. The van der Waals surface area contributed by atoms with E-state index in [0.717, 1.165) is 4.88 Å². The zero-order valence-corrected chi connectivity index (χ0v) is 10.7. The van der Waals surface area contributed by atoms with Crippen LogP contribution in [-0.4, -0.2) is 36.8 Å². The van der Waals surface area contributed by atoms with Gasteiger partial charge < -0.3 is 5.73 Å². The average Bonchev–Trinajstić information content (AvgIpc) is 2.63. The van der Waals surface area contributed by atoms with E-state index in [1.165, 1.54) is 18.9 Å². The lowest BCUT2D eigenvalue weighted by Crippen LogP contribution is -2.54. The van der Waals surface area contributed by atoms with Gasteiger partial charge in [0.15, 0.2) is 0 Å². The first-order chi connectivity index (χ1) is 7.82. The molecule has 0 amide bonds. The van der Waals surface area contributed by atoms with E-state index in [0.29, 0.717) is 13.0 Å². The molecule has 0 spiro atoms. The third-order valence-corrected chi connectivity index (χ3v) is 3.54. The highest BCUT2D eigenvalue weighted by molar-refractivity contribution is 7.09. The Morgan fingerprint density at radius 1 is 1.47 bits per heavy atom. The largest absolute Gasteiger partial charge is 0.405 e. The summed E-state index contributed by atoms with van der Waals surface area (Å²) in [4.78, 5) is 2.37. The Kier molecular flexibility index (Phi) is 4.97. The van der Waals surface area contributed by atoms with Crippen LogP contribution in [0, 0.1) is 0 Å². The van der Waals surface area contributed by atoms with Crippen LogP contribution in [0.3, 0.4) is 0 Å². The van der Waals surface area contributed by atoms with Gasteiger partial charge in [0.05, 0.1) is 0 Å². The van der Waals surface area contributed by atoms with Crippen molar-refractivity contribution in [3.05, 3.63) is 22.4 Å². The lowest BCUT2D eigenvalue weighted by Gasteiger charge is -2.32. The summed E-state index contributed by atoms with van der Waals surface area (Å²) in [6.45, 7) is 1.74. The molecule has 0 radical (unpaired) electrons. The highest BCUT2D eigenvalue weighted by atomic mass is 32.1. The molecule has 0 saturated carbocycles. The highest BCUT2D eigenvalue weighted by Gasteiger charge is 2.44. The number of thiophene rings is 1. The second-order valence-corrected chi connectivity index (χ2v) is 5.19. The summed E-state index contributed by atoms with van der Waals surface area (Å²) in [6.07, 6.45) is -3.66. The molecule has 17 heavy (non-hydrogen) atoms. The molecule has 0 aliphatic heterocycles. The van der Waals surface area contributed by atoms with Gasteiger partial charge in [-0.15, -0.1) is 11.3 Å². The number of alkyl halides is 3. The number of nitrogens with two attached hydrogens (primary N) is 1. The number of likely N-dealkylation sites (N-methyl/N-ethyl adjacent to an activating group) is 1. The van der Waals surface area contributed by atoms with E-state index in [-0.39, 0.29) is 0 Å². The molecular formula is C11H17F3N2S. The normalized spacial score (nSPS) is 16.2. The average molecular weight is 266 g/mol. The number of hydrogen-bond acceptors (Lipinski definition) is 3. The molecule has 2 atom stereocenters. The second kappa shape index (κ2) is 5.84. The third-order valence-electron chi connectivity index (χ3n) is 2.60. The second-order valence-electron chi connectivity index (χ2n) is 4.16. The van der Waals surface area contributed by atoms with Crippen molar-refractivity contribution in [3.8, 4) is 0 Å². The topological polar surface area (TPSA) is 29.3 Å². The van der Waals surface area contributed by atoms with E-state index < -0.39 is 18.3 Å². The van der Waals surface area contributed by atoms with E-state index in [9.17, 15) is 13.2 Å². The van der Waals surface area contributed by atoms with Gasteiger partial charge in [-0.25, -0.2) is 0 Å². The van der Waals surface area contributed by atoms with Gasteiger partial charge in [0, 0.05) is 17.5 Å². The minimum atomic E-state index is -4.28. The van der Waals surface area contributed by atoms with E-state index in [4.69, 9.17) is 5.73 Å². The van der Waals surface area contributed by atoms with Crippen LogP contribution in [0.5, 0.6) is 0 Å². The molecule has 0 saturated heterocycles. The van der Waals surface area contributed by atoms with Gasteiger partial charge in [-0.3, -0.25) is 4.90 Å². The molecule has 0 aliphatic carbocycles. The van der Waals surface area contributed by atoms with Gasteiger partial charge >= 0.3 is 6.18 Å². The smallest absolute Gasteiger partial charge is 0.326 e. The van der Waals surface area contributed by atoms with Gasteiger partial charge in [-0.2, -0.15) is 13.2 Å². The summed E-state index contributed by atoms with van der Waals surface area (Å²) in [5, 5.41) is 1.92. The van der Waals surface area contributed by atoms with Crippen molar-refractivity contribution < 1.29 is 13.2 Å². The van der Waals surface area contributed by atoms with Crippen molar-refractivity contribution in [1.82, 2.24) is 4.90 Å². The molecule has 2 nitrogen and oxygen atoms in total. The summed E-state index contributed by atoms with van der Waals surface area (Å²) in [6, 6.07) is 1.31. The van der Waals surface area contributed by atoms with Crippen LogP contribution < -0.4 is 5.73 Å². The van der Waals surface area contributed by atoms with Crippen molar-refractivity contribution in [2.24, 2.45) is 5.73 Å². The molecule has 2 N–H and O–H groups in total. The van der Waals surface area contributed by atoms with E-state index in [2.05, 4.69) is 0 Å². The van der Waals surface area contributed by atoms with Gasteiger partial charge in [0.1, 0.15) is 6.04 Å². The standard InChI is InChI=1S/C11H17F3N2S/c1-8(15)10(11(12,13)14)16(2)6-5-9-4-3-7-17-9/h3-4,7-8,10H,5-6,15H2,1-2H3. The zero-order valence-electron chi connectivity index (χ0n) is 9.87. The molecule has 1 rings (SSSR count). The van der Waals surface area contributed by atoms with Gasteiger partial charge in [-0.05, 0) is 31.8 Å². The van der Waals surface area contributed by atoms with Crippen molar-refractivity contribution in [1.29, 1.82) is 0 Å². The van der Waals surface area contributed by atoms with Gasteiger partial charge in [0.2, 0.25) is 0 Å². The van der Waals surface area contributed by atoms with Crippen molar-refractivity contribution in [2.45, 2.75) is 31.6 Å². The van der Waals surface area contributed by atoms with Crippen LogP contribution in [0.4, 0.5) is 13.2 Å². The molecule has 2 unspecified atom stereocenters. The number of rotatable bonds is 5. The van der Waals surface area contributed by atoms with Crippen LogP contribution in [0.15, 0.2) is 17.5 Å². The maximum Gasteiger partial charge on any atom is 0.405 e. The lowest BCUT2D eigenvalue weighted by molar-refractivity contribution is -0.184. The minimum absolute atomic E-state index is 0.353. The first-order valence-electron chi connectivity index (χ1n) is 5.37. The van der Waals surface area contributed by atoms with E-state index >= 15 is 0 Å². The highest BCUT2D eigenvalue weighted by Crippen LogP contribution is 2.26. The maximum atomic E-state index is 12.8. The predicted octanol–water partition coefficient (Wildman–Crippen LogP) is 2.50. The maximum absolute atomic E-state index is 12.8. The Hall–Kier alpha value is -0.590. The monoisotopic (exact) mass is 266 g/mol. The molecule has 0 aromatic carbocycles. The summed E-state index contributed by atoms with van der Waals surface area (Å²) < 4.78 is 38.3. The fourth-order valence-corrected chi connectivity index (χ4v) is 2.53. The minimum Gasteiger partial charge on any atom is -0.326 e. The van der Waals surface area contributed by atoms with Crippen molar-refractivity contribution in [3.63, 3.8) is 0 Å². The van der Waals surface area contributed by atoms with Crippen LogP contribution >= 0.6 is 11.3 Å². The number of hydrogen-bond donors (Lipinski definition) is 1.